The summed E-state index contributed by atoms with van der Waals surface area (Å²) < 4.78 is 0. The van der Waals surface area contributed by atoms with Gasteiger partial charge in [0.25, 0.3) is 0 Å². The minimum absolute atomic E-state index is 0.501. The van der Waals surface area contributed by atoms with E-state index in [0.717, 1.165) is 17.9 Å². The van der Waals surface area contributed by atoms with Gasteiger partial charge in [0.2, 0.25) is 0 Å². The highest BCUT2D eigenvalue weighted by molar-refractivity contribution is 4.84. The Bertz CT molecular complexity index is 297. The van der Waals surface area contributed by atoms with Gasteiger partial charge in [-0.3, -0.25) is 0 Å². The average molecular weight is 295 g/mol. The fourth-order valence-electron chi connectivity index (χ4n) is 4.38. The lowest BCUT2D eigenvalue weighted by molar-refractivity contribution is 0.0875. The summed E-state index contributed by atoms with van der Waals surface area (Å²) in [7, 11) is 0. The third-order valence-electron chi connectivity index (χ3n) is 5.88. The van der Waals surface area contributed by atoms with E-state index >= 15 is 0 Å². The van der Waals surface area contributed by atoms with Crippen LogP contribution in [0.4, 0.5) is 0 Å². The van der Waals surface area contributed by atoms with Gasteiger partial charge in [0.1, 0.15) is 0 Å². The zero-order chi connectivity index (χ0) is 15.5. The molecule has 2 aliphatic rings. The van der Waals surface area contributed by atoms with Gasteiger partial charge in [-0.05, 0) is 82.5 Å². The second kappa shape index (κ2) is 7.46. The van der Waals surface area contributed by atoms with Gasteiger partial charge in [-0.15, -0.1) is 0 Å². The Labute approximate surface area is 133 Å². The third-order valence-corrected chi connectivity index (χ3v) is 5.88. The van der Waals surface area contributed by atoms with E-state index in [9.17, 15) is 0 Å². The molecule has 0 bridgehead atoms. The fraction of sp³-hybridized carbons (Fsp3) is 1.00. The number of rotatable bonds is 6. The van der Waals surface area contributed by atoms with Crippen molar-refractivity contribution in [2.24, 2.45) is 17.3 Å². The summed E-state index contributed by atoms with van der Waals surface area (Å²) in [5, 5.41) is 0. The van der Waals surface area contributed by atoms with Gasteiger partial charge in [-0.2, -0.15) is 0 Å². The summed E-state index contributed by atoms with van der Waals surface area (Å²) in [4.78, 5) is 5.41. The van der Waals surface area contributed by atoms with Gasteiger partial charge in [-0.1, -0.05) is 27.7 Å². The molecule has 2 heterocycles. The molecule has 2 aliphatic heterocycles. The second-order valence-corrected chi connectivity index (χ2v) is 8.82. The van der Waals surface area contributed by atoms with Gasteiger partial charge in [0.15, 0.2) is 0 Å². The predicted octanol–water partition coefficient (Wildman–Crippen LogP) is 4.26. The highest BCUT2D eigenvalue weighted by Gasteiger charge is 2.30. The molecule has 1 atom stereocenters. The molecule has 0 aromatic rings. The Morgan fingerprint density at radius 1 is 0.952 bits per heavy atom. The first kappa shape index (κ1) is 17.3. The summed E-state index contributed by atoms with van der Waals surface area (Å²) in [5.41, 5.74) is 0.501. The van der Waals surface area contributed by atoms with Crippen molar-refractivity contribution < 1.29 is 0 Å². The number of likely N-dealkylation sites (tertiary alicyclic amines) is 2. The van der Waals surface area contributed by atoms with Gasteiger partial charge >= 0.3 is 0 Å². The highest BCUT2D eigenvalue weighted by atomic mass is 15.2. The second-order valence-electron chi connectivity index (χ2n) is 8.82. The minimum atomic E-state index is 0.501. The maximum atomic E-state index is 2.72. The van der Waals surface area contributed by atoms with Crippen LogP contribution in [-0.2, 0) is 0 Å². The van der Waals surface area contributed by atoms with E-state index in [4.69, 9.17) is 0 Å². The van der Waals surface area contributed by atoms with E-state index in [2.05, 4.69) is 44.4 Å². The van der Waals surface area contributed by atoms with Crippen molar-refractivity contribution in [2.75, 3.05) is 32.7 Å². The fourth-order valence-corrected chi connectivity index (χ4v) is 4.38. The summed E-state index contributed by atoms with van der Waals surface area (Å²) in [5.74, 6) is 1.74. The molecule has 0 radical (unpaired) electrons. The molecule has 0 saturated carbocycles. The van der Waals surface area contributed by atoms with Crippen LogP contribution < -0.4 is 0 Å². The van der Waals surface area contributed by atoms with Crippen molar-refractivity contribution >= 4 is 0 Å². The maximum Gasteiger partial charge on any atom is 0.00899 e. The molecule has 2 nitrogen and oxygen atoms in total. The monoisotopic (exact) mass is 294 g/mol. The molecule has 2 fully saturated rings. The van der Waals surface area contributed by atoms with E-state index in [0.29, 0.717) is 5.41 Å². The molecule has 2 rings (SSSR count). The highest BCUT2D eigenvalue weighted by Crippen LogP contribution is 2.33. The first-order chi connectivity index (χ1) is 9.87. The quantitative estimate of drug-likeness (QED) is 0.722. The Hall–Kier alpha value is -0.0800. The van der Waals surface area contributed by atoms with Crippen LogP contribution in [0.3, 0.4) is 0 Å². The van der Waals surface area contributed by atoms with Crippen LogP contribution in [-0.4, -0.2) is 48.6 Å². The lowest BCUT2D eigenvalue weighted by Gasteiger charge is -2.40. The SMILES string of the molecule is CC(C)C(C)N1CCC(CC(C)(C)CN2CCCC2)CC1. The van der Waals surface area contributed by atoms with Crippen LogP contribution in [0.1, 0.15) is 66.7 Å². The van der Waals surface area contributed by atoms with Crippen molar-refractivity contribution in [2.45, 2.75) is 72.8 Å². The lowest BCUT2D eigenvalue weighted by atomic mass is 9.78. The van der Waals surface area contributed by atoms with Gasteiger partial charge in [0, 0.05) is 12.6 Å². The zero-order valence-corrected chi connectivity index (χ0v) is 15.2. The van der Waals surface area contributed by atoms with Gasteiger partial charge < -0.3 is 9.80 Å². The molecule has 2 heteroatoms. The van der Waals surface area contributed by atoms with Crippen LogP contribution in [0.5, 0.6) is 0 Å². The van der Waals surface area contributed by atoms with Crippen LogP contribution in [0, 0.1) is 17.3 Å². The van der Waals surface area contributed by atoms with Gasteiger partial charge in [-0.25, -0.2) is 0 Å². The van der Waals surface area contributed by atoms with Gasteiger partial charge in [0.05, 0.1) is 0 Å². The summed E-state index contributed by atoms with van der Waals surface area (Å²) in [6.07, 6.45) is 7.09. The number of hydrogen-bond donors (Lipinski definition) is 0. The molecule has 0 amide bonds. The lowest BCUT2D eigenvalue weighted by Crippen LogP contribution is -2.43. The molecule has 0 N–H and O–H groups in total. The minimum Gasteiger partial charge on any atom is -0.303 e. The number of piperidine rings is 1. The molecule has 0 aromatic carbocycles. The predicted molar refractivity (Wildman–Crippen MR) is 92.7 cm³/mol. The van der Waals surface area contributed by atoms with Crippen LogP contribution in [0.15, 0.2) is 0 Å². The molecule has 21 heavy (non-hydrogen) atoms. The Morgan fingerprint density at radius 2 is 1.52 bits per heavy atom. The van der Waals surface area contributed by atoms with Crippen molar-refractivity contribution in [3.63, 3.8) is 0 Å². The number of nitrogens with zero attached hydrogens (tertiary/aromatic N) is 2. The normalized spacial score (nSPS) is 24.9. The summed E-state index contributed by atoms with van der Waals surface area (Å²) in [6, 6.07) is 0.753. The smallest absolute Gasteiger partial charge is 0.00899 e. The Balaban J connectivity index is 1.74. The maximum absolute atomic E-state index is 2.72. The Morgan fingerprint density at radius 3 is 2.05 bits per heavy atom. The third kappa shape index (κ3) is 5.25. The van der Waals surface area contributed by atoms with E-state index in [1.807, 2.05) is 0 Å². The molecule has 0 spiro atoms. The molecule has 1 unspecified atom stereocenters. The van der Waals surface area contributed by atoms with Crippen molar-refractivity contribution in [1.29, 1.82) is 0 Å². The average Bonchev–Trinajstić information content (AvgIpc) is 2.90. The van der Waals surface area contributed by atoms with Crippen molar-refractivity contribution in [3.8, 4) is 0 Å². The van der Waals surface area contributed by atoms with E-state index < -0.39 is 0 Å². The molecule has 0 aliphatic carbocycles. The first-order valence-corrected chi connectivity index (χ1v) is 9.34. The topological polar surface area (TPSA) is 6.48 Å². The van der Waals surface area contributed by atoms with Crippen LogP contribution in [0.2, 0.25) is 0 Å². The molecule has 0 aromatic heterocycles. The van der Waals surface area contributed by atoms with Crippen LogP contribution >= 0.6 is 0 Å². The summed E-state index contributed by atoms with van der Waals surface area (Å²) in [6.45, 7) is 18.8. The molecular weight excluding hydrogens is 256 g/mol. The number of hydrogen-bond acceptors (Lipinski definition) is 2. The van der Waals surface area contributed by atoms with Crippen molar-refractivity contribution in [1.82, 2.24) is 9.80 Å². The van der Waals surface area contributed by atoms with E-state index in [1.165, 1.54) is 64.8 Å². The van der Waals surface area contributed by atoms with Crippen molar-refractivity contribution in [3.05, 3.63) is 0 Å². The molecule has 2 saturated heterocycles. The largest absolute Gasteiger partial charge is 0.303 e. The summed E-state index contributed by atoms with van der Waals surface area (Å²) >= 11 is 0. The molecular formula is C19H38N2. The van der Waals surface area contributed by atoms with Crippen LogP contribution in [0.25, 0.3) is 0 Å². The van der Waals surface area contributed by atoms with E-state index in [1.54, 1.807) is 0 Å². The van der Waals surface area contributed by atoms with E-state index in [-0.39, 0.29) is 0 Å². The standard InChI is InChI=1S/C19H38N2/c1-16(2)17(3)21-12-8-18(9-13-21)14-19(4,5)15-20-10-6-7-11-20/h16-18H,6-15H2,1-5H3. The molecule has 124 valence electrons. The first-order valence-electron chi connectivity index (χ1n) is 9.34. The zero-order valence-electron chi connectivity index (χ0n) is 15.2. The Kier molecular flexibility index (Phi) is 6.14.